The van der Waals surface area contributed by atoms with Crippen molar-refractivity contribution in [1.82, 2.24) is 9.97 Å². The molecule has 7 heteroatoms. The second kappa shape index (κ2) is 5.83. The van der Waals surface area contributed by atoms with E-state index in [1.807, 2.05) is 24.1 Å². The summed E-state index contributed by atoms with van der Waals surface area (Å²) in [5.74, 6) is 0.649. The van der Waals surface area contributed by atoms with Crippen LogP contribution in [0.15, 0.2) is 41.8 Å². The number of hydrogen-bond acceptors (Lipinski definition) is 5. The number of oxime groups is 1. The Morgan fingerprint density at radius 1 is 1.37 bits per heavy atom. The van der Waals surface area contributed by atoms with Gasteiger partial charge in [-0.1, -0.05) is 17.3 Å². The predicted molar refractivity (Wildman–Crippen MR) is 81.8 cm³/mol. The summed E-state index contributed by atoms with van der Waals surface area (Å²) in [6, 6.07) is 7.29. The van der Waals surface area contributed by atoms with Crippen molar-refractivity contribution >= 4 is 40.1 Å². The fourth-order valence-electron chi connectivity index (χ4n) is 1.53. The average Bonchev–Trinajstić information content (AvgIpc) is 2.46. The molecule has 98 valence electrons. The van der Waals surface area contributed by atoms with Crippen molar-refractivity contribution in [2.45, 2.75) is 0 Å². The van der Waals surface area contributed by atoms with Crippen LogP contribution in [0.25, 0.3) is 0 Å². The predicted octanol–water partition coefficient (Wildman–Crippen LogP) is 1.94. The van der Waals surface area contributed by atoms with Crippen molar-refractivity contribution in [3.05, 3.63) is 45.8 Å². The van der Waals surface area contributed by atoms with Crippen molar-refractivity contribution < 1.29 is 5.21 Å². The third-order valence-electron chi connectivity index (χ3n) is 2.54. The zero-order valence-corrected chi connectivity index (χ0v) is 12.3. The first-order chi connectivity index (χ1) is 9.11. The Morgan fingerprint density at radius 2 is 2.05 bits per heavy atom. The van der Waals surface area contributed by atoms with Crippen molar-refractivity contribution in [3.8, 4) is 0 Å². The summed E-state index contributed by atoms with van der Waals surface area (Å²) in [6.07, 6.45) is 3.49. The standard InChI is InChI=1S/C12H12IN5O/c1-18(12-15-6-9(13)7-16-12)10-4-2-3-8(5-10)11(14)17-19/h2-7,19H,1H3,(H2,14,17). The summed E-state index contributed by atoms with van der Waals surface area (Å²) in [7, 11) is 1.85. The Morgan fingerprint density at radius 3 is 2.68 bits per heavy atom. The van der Waals surface area contributed by atoms with Gasteiger partial charge in [-0.3, -0.25) is 0 Å². The lowest BCUT2D eigenvalue weighted by Crippen LogP contribution is -2.16. The van der Waals surface area contributed by atoms with Gasteiger partial charge in [-0.05, 0) is 34.7 Å². The monoisotopic (exact) mass is 369 g/mol. The largest absolute Gasteiger partial charge is 0.409 e. The Labute approximate surface area is 124 Å². The molecule has 0 amide bonds. The van der Waals surface area contributed by atoms with Gasteiger partial charge in [0.05, 0.1) is 0 Å². The van der Waals surface area contributed by atoms with Crippen LogP contribution in [-0.2, 0) is 0 Å². The molecule has 0 aliphatic carbocycles. The molecule has 1 heterocycles. The van der Waals surface area contributed by atoms with Gasteiger partial charge in [-0.2, -0.15) is 0 Å². The summed E-state index contributed by atoms with van der Waals surface area (Å²) in [6.45, 7) is 0. The number of amidine groups is 1. The van der Waals surface area contributed by atoms with Crippen molar-refractivity contribution in [2.75, 3.05) is 11.9 Å². The van der Waals surface area contributed by atoms with Crippen LogP contribution in [0.4, 0.5) is 11.6 Å². The van der Waals surface area contributed by atoms with E-state index in [0.717, 1.165) is 9.26 Å². The molecule has 2 aromatic rings. The van der Waals surface area contributed by atoms with Crippen molar-refractivity contribution in [3.63, 3.8) is 0 Å². The molecular formula is C12H12IN5O. The fourth-order valence-corrected chi connectivity index (χ4v) is 1.80. The Bertz CT molecular complexity index is 599. The number of nitrogens with two attached hydrogens (primary N) is 1. The highest BCUT2D eigenvalue weighted by Crippen LogP contribution is 2.21. The summed E-state index contributed by atoms with van der Waals surface area (Å²) in [5, 5.41) is 11.7. The minimum absolute atomic E-state index is 0.0683. The Hall–Kier alpha value is -1.90. The molecule has 2 rings (SSSR count). The Kier molecular flexibility index (Phi) is 4.15. The highest BCUT2D eigenvalue weighted by atomic mass is 127. The quantitative estimate of drug-likeness (QED) is 0.284. The third-order valence-corrected chi connectivity index (χ3v) is 3.10. The van der Waals surface area contributed by atoms with Gasteiger partial charge in [0, 0.05) is 34.3 Å². The number of anilines is 2. The lowest BCUT2D eigenvalue weighted by Gasteiger charge is -2.17. The van der Waals surface area contributed by atoms with Crippen LogP contribution in [0.3, 0.4) is 0 Å². The highest BCUT2D eigenvalue weighted by Gasteiger charge is 2.08. The molecule has 0 spiro atoms. The van der Waals surface area contributed by atoms with Gasteiger partial charge in [0.25, 0.3) is 0 Å². The van der Waals surface area contributed by atoms with Gasteiger partial charge in [0.15, 0.2) is 5.84 Å². The van der Waals surface area contributed by atoms with Crippen LogP contribution < -0.4 is 10.6 Å². The van der Waals surface area contributed by atoms with Crippen LogP contribution in [-0.4, -0.2) is 28.1 Å². The zero-order valence-electron chi connectivity index (χ0n) is 10.2. The minimum Gasteiger partial charge on any atom is -0.409 e. The molecule has 0 unspecified atom stereocenters. The number of nitrogens with zero attached hydrogens (tertiary/aromatic N) is 4. The molecular weight excluding hydrogens is 357 g/mol. The maximum Gasteiger partial charge on any atom is 0.229 e. The molecule has 0 saturated heterocycles. The average molecular weight is 369 g/mol. The molecule has 6 nitrogen and oxygen atoms in total. The lowest BCUT2D eigenvalue weighted by molar-refractivity contribution is 0.318. The summed E-state index contributed by atoms with van der Waals surface area (Å²) >= 11 is 2.15. The maximum absolute atomic E-state index is 8.69. The topological polar surface area (TPSA) is 87.6 Å². The molecule has 19 heavy (non-hydrogen) atoms. The molecule has 0 radical (unpaired) electrons. The SMILES string of the molecule is CN(c1cccc(/C(N)=N/O)c1)c1ncc(I)cn1. The summed E-state index contributed by atoms with van der Waals surface area (Å²) < 4.78 is 0.972. The van der Waals surface area contributed by atoms with Gasteiger partial charge in [-0.15, -0.1) is 0 Å². The number of rotatable bonds is 3. The molecule has 3 N–H and O–H groups in total. The van der Waals surface area contributed by atoms with Gasteiger partial charge >= 0.3 is 0 Å². The highest BCUT2D eigenvalue weighted by molar-refractivity contribution is 14.1. The van der Waals surface area contributed by atoms with Gasteiger partial charge < -0.3 is 15.8 Å². The van der Waals surface area contributed by atoms with Crippen LogP contribution >= 0.6 is 22.6 Å². The number of benzene rings is 1. The van der Waals surface area contributed by atoms with Crippen LogP contribution in [0.2, 0.25) is 0 Å². The molecule has 0 saturated carbocycles. The molecule has 0 fully saturated rings. The van der Waals surface area contributed by atoms with E-state index in [4.69, 9.17) is 10.9 Å². The van der Waals surface area contributed by atoms with Crippen molar-refractivity contribution in [1.29, 1.82) is 0 Å². The smallest absolute Gasteiger partial charge is 0.229 e. The first-order valence-electron chi connectivity index (χ1n) is 5.41. The second-order valence-corrected chi connectivity index (χ2v) is 5.04. The third kappa shape index (κ3) is 3.11. The van der Waals surface area contributed by atoms with E-state index >= 15 is 0 Å². The Balaban J connectivity index is 2.33. The molecule has 0 atom stereocenters. The second-order valence-electron chi connectivity index (χ2n) is 3.80. The van der Waals surface area contributed by atoms with Crippen molar-refractivity contribution in [2.24, 2.45) is 10.9 Å². The van der Waals surface area contributed by atoms with Gasteiger partial charge in [0.2, 0.25) is 5.95 Å². The summed E-state index contributed by atoms with van der Waals surface area (Å²) in [5.41, 5.74) is 7.06. The molecule has 0 aliphatic heterocycles. The summed E-state index contributed by atoms with van der Waals surface area (Å²) in [4.78, 5) is 10.3. The van der Waals surface area contributed by atoms with E-state index in [9.17, 15) is 0 Å². The van der Waals surface area contributed by atoms with E-state index in [1.165, 1.54) is 0 Å². The van der Waals surface area contributed by atoms with Crippen LogP contribution in [0.1, 0.15) is 5.56 Å². The fraction of sp³-hybridized carbons (Fsp3) is 0.0833. The number of aromatic nitrogens is 2. The zero-order chi connectivity index (χ0) is 13.8. The normalized spacial score (nSPS) is 11.4. The molecule has 1 aromatic carbocycles. The van der Waals surface area contributed by atoms with E-state index < -0.39 is 0 Å². The first-order valence-corrected chi connectivity index (χ1v) is 6.49. The molecule has 0 aliphatic rings. The number of hydrogen-bond donors (Lipinski definition) is 2. The van der Waals surface area contributed by atoms with Gasteiger partial charge in [0.1, 0.15) is 0 Å². The number of halogens is 1. The van der Waals surface area contributed by atoms with E-state index in [0.29, 0.717) is 11.5 Å². The first kappa shape index (κ1) is 13.5. The van der Waals surface area contributed by atoms with E-state index in [-0.39, 0.29) is 5.84 Å². The van der Waals surface area contributed by atoms with E-state index in [1.54, 1.807) is 24.5 Å². The van der Waals surface area contributed by atoms with Crippen LogP contribution in [0.5, 0.6) is 0 Å². The molecule has 0 bridgehead atoms. The maximum atomic E-state index is 8.69. The van der Waals surface area contributed by atoms with Gasteiger partial charge in [-0.25, -0.2) is 9.97 Å². The lowest BCUT2D eigenvalue weighted by atomic mass is 10.2. The van der Waals surface area contributed by atoms with Crippen LogP contribution in [0, 0.1) is 3.57 Å². The minimum atomic E-state index is 0.0683. The van der Waals surface area contributed by atoms with E-state index in [2.05, 4.69) is 37.7 Å². The molecule has 1 aromatic heterocycles.